The van der Waals surface area contributed by atoms with E-state index in [1.807, 2.05) is 13.8 Å². The molecule has 1 amide bonds. The Morgan fingerprint density at radius 1 is 1.62 bits per heavy atom. The van der Waals surface area contributed by atoms with Gasteiger partial charge in [-0.2, -0.15) is 0 Å². The Morgan fingerprint density at radius 3 is 3.00 bits per heavy atom. The number of carbonyl (C=O) groups excluding carboxylic acids is 1. The molecule has 0 fully saturated rings. The third kappa shape index (κ3) is 4.06. The normalized spacial score (nSPS) is 12.4. The fourth-order valence-electron chi connectivity index (χ4n) is 1.28. The van der Waals surface area contributed by atoms with Gasteiger partial charge in [0, 0.05) is 11.9 Å². The van der Waals surface area contributed by atoms with E-state index in [4.69, 9.17) is 11.6 Å². The number of aromatic nitrogens is 2. The van der Waals surface area contributed by atoms with Crippen molar-refractivity contribution in [3.8, 4) is 0 Å². The molecule has 0 spiro atoms. The maximum absolute atomic E-state index is 11.7. The van der Waals surface area contributed by atoms with E-state index in [1.165, 1.54) is 0 Å². The number of aryl methyl sites for hydroxylation is 1. The van der Waals surface area contributed by atoms with Gasteiger partial charge < -0.3 is 5.32 Å². The van der Waals surface area contributed by atoms with Gasteiger partial charge >= 0.3 is 0 Å². The summed E-state index contributed by atoms with van der Waals surface area (Å²) in [6.45, 7) is 4.56. The smallest absolute Gasteiger partial charge is 0.264 e. The van der Waals surface area contributed by atoms with Gasteiger partial charge in [-0.25, -0.2) is 0 Å². The van der Waals surface area contributed by atoms with Crippen LogP contribution in [0, 0.1) is 0 Å². The fraction of sp³-hybridized carbons (Fsp3) is 0.700. The van der Waals surface area contributed by atoms with Crippen LogP contribution < -0.4 is 5.32 Å². The number of rotatable bonds is 6. The van der Waals surface area contributed by atoms with Crippen LogP contribution in [0.5, 0.6) is 0 Å². The molecule has 0 aliphatic heterocycles. The summed E-state index contributed by atoms with van der Waals surface area (Å²) in [5.41, 5.74) is 0.771. The third-order valence-electron chi connectivity index (χ3n) is 2.16. The number of carbonyl (C=O) groups is 1. The Kier molecular flexibility index (Phi) is 5.69. The van der Waals surface area contributed by atoms with Crippen molar-refractivity contribution < 1.29 is 4.79 Å². The zero-order chi connectivity index (χ0) is 12.0. The first-order chi connectivity index (χ1) is 7.65. The lowest BCUT2D eigenvalue weighted by Gasteiger charge is -2.04. The monoisotopic (exact) mass is 261 g/mol. The second kappa shape index (κ2) is 6.81. The topological polar surface area (TPSA) is 54.9 Å². The van der Waals surface area contributed by atoms with Crippen LogP contribution in [0.15, 0.2) is 0 Å². The molecule has 0 aliphatic carbocycles. The standard InChI is InChI=1S/C10H16ClN3OS/c1-3-8-9(16-14-13-8)10(15)12-6-4-5-7(2)11/h7H,3-6H2,1-2H3,(H,12,15). The minimum Gasteiger partial charge on any atom is -0.351 e. The van der Waals surface area contributed by atoms with Gasteiger partial charge in [0.05, 0.1) is 5.69 Å². The molecule has 0 saturated carbocycles. The highest BCUT2D eigenvalue weighted by molar-refractivity contribution is 7.08. The molecule has 0 aliphatic rings. The van der Waals surface area contributed by atoms with Crippen LogP contribution in [0.25, 0.3) is 0 Å². The summed E-state index contributed by atoms with van der Waals surface area (Å²) in [4.78, 5) is 12.3. The second-order valence-corrected chi connectivity index (χ2v) is 5.08. The third-order valence-corrected chi connectivity index (χ3v) is 3.15. The zero-order valence-electron chi connectivity index (χ0n) is 9.49. The van der Waals surface area contributed by atoms with Crippen molar-refractivity contribution in [2.75, 3.05) is 6.54 Å². The van der Waals surface area contributed by atoms with Gasteiger partial charge in [-0.1, -0.05) is 11.4 Å². The van der Waals surface area contributed by atoms with Crippen molar-refractivity contribution in [3.63, 3.8) is 0 Å². The number of amides is 1. The van der Waals surface area contributed by atoms with E-state index in [2.05, 4.69) is 14.9 Å². The van der Waals surface area contributed by atoms with Crippen LogP contribution in [-0.4, -0.2) is 27.4 Å². The first kappa shape index (κ1) is 13.4. The Bertz CT molecular complexity index is 341. The minimum atomic E-state index is -0.0749. The lowest BCUT2D eigenvalue weighted by atomic mass is 10.2. The quantitative estimate of drug-likeness (QED) is 0.631. The van der Waals surface area contributed by atoms with Crippen molar-refractivity contribution in [2.45, 2.75) is 38.5 Å². The number of halogens is 1. The maximum atomic E-state index is 11.7. The van der Waals surface area contributed by atoms with Crippen LogP contribution in [0.2, 0.25) is 0 Å². The summed E-state index contributed by atoms with van der Waals surface area (Å²) in [5, 5.41) is 6.91. The predicted octanol–water partition coefficient (Wildman–Crippen LogP) is 2.24. The van der Waals surface area contributed by atoms with Crippen molar-refractivity contribution in [1.29, 1.82) is 0 Å². The van der Waals surface area contributed by atoms with E-state index in [-0.39, 0.29) is 11.3 Å². The lowest BCUT2D eigenvalue weighted by molar-refractivity contribution is 0.0956. The molecule has 1 aromatic heterocycles. The Balaban J connectivity index is 2.35. The molecule has 1 rings (SSSR count). The number of nitrogens with zero attached hydrogens (tertiary/aromatic N) is 2. The highest BCUT2D eigenvalue weighted by atomic mass is 35.5. The highest BCUT2D eigenvalue weighted by Crippen LogP contribution is 2.10. The summed E-state index contributed by atoms with van der Waals surface area (Å²) >= 11 is 6.96. The van der Waals surface area contributed by atoms with Gasteiger partial charge in [0.1, 0.15) is 4.88 Å². The first-order valence-electron chi connectivity index (χ1n) is 5.38. The van der Waals surface area contributed by atoms with Gasteiger partial charge in [0.15, 0.2) is 0 Å². The van der Waals surface area contributed by atoms with Crippen LogP contribution in [0.1, 0.15) is 42.1 Å². The number of alkyl halides is 1. The van der Waals surface area contributed by atoms with E-state index in [0.717, 1.165) is 36.5 Å². The van der Waals surface area contributed by atoms with Crippen molar-refractivity contribution in [1.82, 2.24) is 14.9 Å². The molecule has 90 valence electrons. The molecule has 0 saturated heterocycles. The molecule has 16 heavy (non-hydrogen) atoms. The van der Waals surface area contributed by atoms with E-state index in [1.54, 1.807) is 0 Å². The SMILES string of the molecule is CCc1nnsc1C(=O)NCCCC(C)Cl. The Hall–Kier alpha value is -0.680. The fourth-order valence-corrected chi connectivity index (χ4v) is 2.10. The van der Waals surface area contributed by atoms with Crippen molar-refractivity contribution in [2.24, 2.45) is 0 Å². The van der Waals surface area contributed by atoms with Crippen LogP contribution in [0.3, 0.4) is 0 Å². The summed E-state index contributed by atoms with van der Waals surface area (Å²) in [6.07, 6.45) is 2.53. The van der Waals surface area contributed by atoms with E-state index < -0.39 is 0 Å². The average molecular weight is 262 g/mol. The molecule has 1 heterocycles. The summed E-state index contributed by atoms with van der Waals surface area (Å²) in [5.74, 6) is -0.0749. The number of hydrogen-bond acceptors (Lipinski definition) is 4. The van der Waals surface area contributed by atoms with E-state index >= 15 is 0 Å². The van der Waals surface area contributed by atoms with Gasteiger partial charge in [-0.3, -0.25) is 4.79 Å². The second-order valence-electron chi connectivity index (χ2n) is 3.58. The van der Waals surface area contributed by atoms with Crippen LogP contribution in [-0.2, 0) is 6.42 Å². The molecule has 4 nitrogen and oxygen atoms in total. The summed E-state index contributed by atoms with van der Waals surface area (Å²) in [6, 6.07) is 0. The Labute approximate surface area is 105 Å². The largest absolute Gasteiger partial charge is 0.351 e. The zero-order valence-corrected chi connectivity index (χ0v) is 11.1. The van der Waals surface area contributed by atoms with Gasteiger partial charge in [-0.15, -0.1) is 16.7 Å². The molecule has 0 aromatic carbocycles. The van der Waals surface area contributed by atoms with Gasteiger partial charge in [-0.05, 0) is 37.7 Å². The van der Waals surface area contributed by atoms with Crippen LogP contribution >= 0.6 is 23.1 Å². The van der Waals surface area contributed by atoms with Crippen molar-refractivity contribution >= 4 is 29.0 Å². The van der Waals surface area contributed by atoms with E-state index in [0.29, 0.717) is 11.4 Å². The van der Waals surface area contributed by atoms with Gasteiger partial charge in [0.2, 0.25) is 0 Å². The number of nitrogens with one attached hydrogen (secondary N) is 1. The molecule has 0 radical (unpaired) electrons. The lowest BCUT2D eigenvalue weighted by Crippen LogP contribution is -2.24. The molecule has 6 heteroatoms. The molecule has 1 N–H and O–H groups in total. The van der Waals surface area contributed by atoms with Crippen molar-refractivity contribution in [3.05, 3.63) is 10.6 Å². The average Bonchev–Trinajstić information content (AvgIpc) is 2.71. The van der Waals surface area contributed by atoms with Crippen LogP contribution in [0.4, 0.5) is 0 Å². The molecule has 1 atom stereocenters. The molecular weight excluding hydrogens is 246 g/mol. The van der Waals surface area contributed by atoms with E-state index in [9.17, 15) is 4.79 Å². The maximum Gasteiger partial charge on any atom is 0.264 e. The number of hydrogen-bond donors (Lipinski definition) is 1. The summed E-state index contributed by atoms with van der Waals surface area (Å²) in [7, 11) is 0. The highest BCUT2D eigenvalue weighted by Gasteiger charge is 2.13. The molecule has 1 aromatic rings. The first-order valence-corrected chi connectivity index (χ1v) is 6.59. The molecule has 1 unspecified atom stereocenters. The summed E-state index contributed by atoms with van der Waals surface area (Å²) < 4.78 is 3.78. The Morgan fingerprint density at radius 2 is 2.38 bits per heavy atom. The minimum absolute atomic E-state index is 0.0749. The predicted molar refractivity (Wildman–Crippen MR) is 66.2 cm³/mol. The molecule has 0 bridgehead atoms. The molecular formula is C10H16ClN3OS. The van der Waals surface area contributed by atoms with Gasteiger partial charge in [0.25, 0.3) is 5.91 Å².